The van der Waals surface area contributed by atoms with Gasteiger partial charge in [0.1, 0.15) is 13.2 Å². The van der Waals surface area contributed by atoms with Crippen LogP contribution in [0.25, 0.3) is 11.1 Å². The number of carboxylic acid groups (broad SMARTS) is 1. The number of carbonyl (C=O) groups excluding carboxylic acids is 2. The van der Waals surface area contributed by atoms with Crippen LogP contribution in [0.15, 0.2) is 61.2 Å². The van der Waals surface area contributed by atoms with Crippen LogP contribution in [-0.2, 0) is 19.1 Å². The van der Waals surface area contributed by atoms with Crippen molar-refractivity contribution in [2.75, 3.05) is 32.9 Å². The van der Waals surface area contributed by atoms with Crippen molar-refractivity contribution in [1.82, 2.24) is 10.2 Å². The van der Waals surface area contributed by atoms with Gasteiger partial charge in [0, 0.05) is 25.7 Å². The molecular formula is C27H30N2O6. The molecule has 1 fully saturated rings. The lowest BCUT2D eigenvalue weighted by Gasteiger charge is -2.38. The second kappa shape index (κ2) is 10.7. The topological polar surface area (TPSA) is 105 Å². The van der Waals surface area contributed by atoms with Gasteiger partial charge in [0.15, 0.2) is 0 Å². The number of nitrogens with one attached hydrogen (secondary N) is 1. The van der Waals surface area contributed by atoms with E-state index in [4.69, 9.17) is 14.6 Å². The smallest absolute Gasteiger partial charge is 0.407 e. The molecule has 0 spiro atoms. The van der Waals surface area contributed by atoms with E-state index in [-0.39, 0.29) is 31.4 Å². The normalized spacial score (nSPS) is 16.0. The van der Waals surface area contributed by atoms with Gasteiger partial charge in [0.2, 0.25) is 5.91 Å². The van der Waals surface area contributed by atoms with Crippen LogP contribution in [0, 0.1) is 0 Å². The summed E-state index contributed by atoms with van der Waals surface area (Å²) in [7, 11) is 0. The molecule has 1 aliphatic heterocycles. The van der Waals surface area contributed by atoms with Gasteiger partial charge in [0.05, 0.1) is 12.0 Å². The monoisotopic (exact) mass is 478 g/mol. The molecule has 35 heavy (non-hydrogen) atoms. The summed E-state index contributed by atoms with van der Waals surface area (Å²) < 4.78 is 11.1. The summed E-state index contributed by atoms with van der Waals surface area (Å²) in [6.07, 6.45) is 1.70. The fraction of sp³-hybridized carbons (Fsp3) is 0.370. The Morgan fingerprint density at radius 2 is 1.69 bits per heavy atom. The lowest BCUT2D eigenvalue weighted by molar-refractivity contribution is -0.145. The summed E-state index contributed by atoms with van der Waals surface area (Å²) in [5.74, 6) is -1.54. The van der Waals surface area contributed by atoms with Gasteiger partial charge in [-0.25, -0.2) is 4.79 Å². The summed E-state index contributed by atoms with van der Waals surface area (Å²) in [4.78, 5) is 38.3. The third kappa shape index (κ3) is 5.54. The van der Waals surface area contributed by atoms with Crippen molar-refractivity contribution in [2.45, 2.75) is 30.7 Å². The third-order valence-electron chi connectivity index (χ3n) is 6.68. The lowest BCUT2D eigenvalue weighted by atomic mass is 9.86. The first-order valence-corrected chi connectivity index (χ1v) is 11.7. The van der Waals surface area contributed by atoms with E-state index in [1.807, 2.05) is 24.3 Å². The molecule has 2 aromatic carbocycles. The van der Waals surface area contributed by atoms with Crippen molar-refractivity contribution in [3.63, 3.8) is 0 Å². The molecule has 0 atom stereocenters. The van der Waals surface area contributed by atoms with Crippen LogP contribution in [0.1, 0.15) is 36.3 Å². The van der Waals surface area contributed by atoms with Crippen molar-refractivity contribution in [3.05, 3.63) is 72.3 Å². The summed E-state index contributed by atoms with van der Waals surface area (Å²) >= 11 is 0. The van der Waals surface area contributed by atoms with Gasteiger partial charge >= 0.3 is 12.1 Å². The number of benzene rings is 2. The van der Waals surface area contributed by atoms with Crippen LogP contribution in [0.3, 0.4) is 0 Å². The molecule has 184 valence electrons. The summed E-state index contributed by atoms with van der Waals surface area (Å²) in [6, 6.07) is 16.2. The fourth-order valence-electron chi connectivity index (χ4n) is 4.93. The van der Waals surface area contributed by atoms with E-state index < -0.39 is 24.1 Å². The maximum atomic E-state index is 12.9. The van der Waals surface area contributed by atoms with Crippen molar-refractivity contribution in [2.24, 2.45) is 0 Å². The summed E-state index contributed by atoms with van der Waals surface area (Å²) in [5, 5.41) is 12.1. The van der Waals surface area contributed by atoms with E-state index in [1.54, 1.807) is 0 Å². The van der Waals surface area contributed by atoms with Crippen LogP contribution < -0.4 is 5.32 Å². The minimum atomic E-state index is -1.11. The maximum Gasteiger partial charge on any atom is 0.407 e. The lowest BCUT2D eigenvalue weighted by Crippen LogP contribution is -2.55. The number of carbonyl (C=O) groups is 3. The summed E-state index contributed by atoms with van der Waals surface area (Å²) in [5.41, 5.74) is 3.65. The zero-order chi connectivity index (χ0) is 24.8. The molecule has 2 aromatic rings. The number of ether oxygens (including phenoxy) is 2. The van der Waals surface area contributed by atoms with Crippen LogP contribution >= 0.6 is 0 Å². The second-order valence-electron chi connectivity index (χ2n) is 8.98. The van der Waals surface area contributed by atoms with E-state index >= 15 is 0 Å². The van der Waals surface area contributed by atoms with Gasteiger partial charge in [0.25, 0.3) is 0 Å². The molecule has 0 bridgehead atoms. The Bertz CT molecular complexity index is 1060. The minimum Gasteiger partial charge on any atom is -0.480 e. The van der Waals surface area contributed by atoms with E-state index in [0.29, 0.717) is 26.1 Å². The largest absolute Gasteiger partial charge is 0.480 e. The van der Waals surface area contributed by atoms with Gasteiger partial charge < -0.3 is 24.8 Å². The molecular weight excluding hydrogens is 448 g/mol. The zero-order valence-electron chi connectivity index (χ0n) is 19.6. The Kier molecular flexibility index (Phi) is 7.51. The molecule has 0 saturated carbocycles. The molecule has 1 heterocycles. The van der Waals surface area contributed by atoms with E-state index in [1.165, 1.54) is 11.0 Å². The Labute approximate surface area is 204 Å². The third-order valence-corrected chi connectivity index (χ3v) is 6.68. The number of amides is 2. The molecule has 8 nitrogen and oxygen atoms in total. The highest BCUT2D eigenvalue weighted by atomic mass is 16.5. The highest BCUT2D eigenvalue weighted by Crippen LogP contribution is 2.44. The molecule has 0 unspecified atom stereocenters. The molecule has 2 amide bonds. The molecule has 1 aliphatic carbocycles. The predicted molar refractivity (Wildman–Crippen MR) is 130 cm³/mol. The SMILES string of the molecule is C=CCN(CC(=O)O)C(=O)CC1(NC(=O)OCC2c3ccccc3-c3ccccc32)CCOCC1. The molecule has 8 heteroatoms. The molecule has 0 radical (unpaired) electrons. The van der Waals surface area contributed by atoms with E-state index in [9.17, 15) is 14.4 Å². The van der Waals surface area contributed by atoms with Crippen molar-refractivity contribution < 1.29 is 29.0 Å². The van der Waals surface area contributed by atoms with E-state index in [2.05, 4.69) is 36.2 Å². The number of carboxylic acids is 1. The molecule has 4 rings (SSSR count). The van der Waals surface area contributed by atoms with Crippen molar-refractivity contribution in [3.8, 4) is 11.1 Å². The van der Waals surface area contributed by atoms with Crippen molar-refractivity contribution >= 4 is 18.0 Å². The van der Waals surface area contributed by atoms with Crippen LogP contribution in [0.4, 0.5) is 4.79 Å². The first-order valence-electron chi connectivity index (χ1n) is 11.7. The Balaban J connectivity index is 1.44. The zero-order valence-corrected chi connectivity index (χ0v) is 19.6. The van der Waals surface area contributed by atoms with Gasteiger partial charge in [-0.15, -0.1) is 6.58 Å². The molecule has 2 N–H and O–H groups in total. The number of fused-ring (bicyclic) bond motifs is 3. The Hall–Kier alpha value is -3.65. The average Bonchev–Trinajstić information content (AvgIpc) is 3.16. The van der Waals surface area contributed by atoms with Crippen LogP contribution in [-0.4, -0.2) is 66.4 Å². The number of hydrogen-bond acceptors (Lipinski definition) is 5. The van der Waals surface area contributed by atoms with Crippen LogP contribution in [0.2, 0.25) is 0 Å². The van der Waals surface area contributed by atoms with Gasteiger partial charge in [-0.1, -0.05) is 54.6 Å². The maximum absolute atomic E-state index is 12.9. The number of aliphatic carboxylic acids is 1. The second-order valence-corrected chi connectivity index (χ2v) is 8.98. The number of hydrogen-bond donors (Lipinski definition) is 2. The van der Waals surface area contributed by atoms with E-state index in [0.717, 1.165) is 22.3 Å². The summed E-state index contributed by atoms with van der Waals surface area (Å²) in [6.45, 7) is 4.23. The predicted octanol–water partition coefficient (Wildman–Crippen LogP) is 3.56. The Morgan fingerprint density at radius 1 is 1.09 bits per heavy atom. The number of rotatable bonds is 9. The molecule has 0 aromatic heterocycles. The highest BCUT2D eigenvalue weighted by Gasteiger charge is 2.39. The van der Waals surface area contributed by atoms with Gasteiger partial charge in [-0.3, -0.25) is 9.59 Å². The number of alkyl carbamates (subject to hydrolysis) is 1. The number of nitrogens with zero attached hydrogens (tertiary/aromatic N) is 1. The standard InChI is InChI=1S/C27H30N2O6/c1-2-13-29(17-25(31)32)24(30)16-27(11-14-34-15-12-27)28-26(33)35-18-23-21-9-5-3-7-19(21)20-8-4-6-10-22(20)23/h2-10,23H,1,11-18H2,(H,28,33)(H,31,32). The molecule has 2 aliphatic rings. The minimum absolute atomic E-state index is 0.0400. The van der Waals surface area contributed by atoms with Crippen molar-refractivity contribution in [1.29, 1.82) is 0 Å². The first-order chi connectivity index (χ1) is 16.9. The average molecular weight is 479 g/mol. The Morgan fingerprint density at radius 3 is 2.26 bits per heavy atom. The van der Waals surface area contributed by atoms with Crippen LogP contribution in [0.5, 0.6) is 0 Å². The first kappa shape index (κ1) is 24.5. The van der Waals surface area contributed by atoms with Gasteiger partial charge in [-0.2, -0.15) is 0 Å². The quantitative estimate of drug-likeness (QED) is 0.534. The molecule has 1 saturated heterocycles. The highest BCUT2D eigenvalue weighted by molar-refractivity contribution is 5.83. The fourth-order valence-corrected chi connectivity index (χ4v) is 4.93. The van der Waals surface area contributed by atoms with Gasteiger partial charge in [-0.05, 0) is 35.1 Å².